The molecular formula is C14H21BrN2O3S. The Hall–Kier alpha value is -0.370. The van der Waals surface area contributed by atoms with Crippen molar-refractivity contribution in [1.82, 2.24) is 9.62 Å². The molecule has 1 aromatic heterocycles. The molecule has 0 aromatic carbocycles. The topological polar surface area (TPSA) is 62.6 Å². The summed E-state index contributed by atoms with van der Waals surface area (Å²) in [7, 11) is -1.82. The Balaban J connectivity index is 1.76. The lowest BCUT2D eigenvalue weighted by atomic mass is 10.3. The van der Waals surface area contributed by atoms with Crippen LogP contribution in [0.15, 0.2) is 20.0 Å². The molecule has 2 fully saturated rings. The van der Waals surface area contributed by atoms with Gasteiger partial charge in [0.25, 0.3) is 0 Å². The first kappa shape index (κ1) is 15.5. The predicted molar refractivity (Wildman–Crippen MR) is 83.5 cm³/mol. The highest BCUT2D eigenvalue weighted by molar-refractivity contribution is 9.10. The molecule has 118 valence electrons. The summed E-state index contributed by atoms with van der Waals surface area (Å²) >= 11 is 3.25. The highest BCUT2D eigenvalue weighted by Crippen LogP contribution is 2.32. The van der Waals surface area contributed by atoms with Gasteiger partial charge >= 0.3 is 0 Å². The summed E-state index contributed by atoms with van der Waals surface area (Å²) in [5.41, 5.74) is 0. The van der Waals surface area contributed by atoms with Crippen LogP contribution in [0, 0.1) is 0 Å². The predicted octanol–water partition coefficient (Wildman–Crippen LogP) is 2.86. The third kappa shape index (κ3) is 3.36. The van der Waals surface area contributed by atoms with Crippen LogP contribution in [0.5, 0.6) is 0 Å². The van der Waals surface area contributed by atoms with Gasteiger partial charge in [0.05, 0.1) is 6.54 Å². The van der Waals surface area contributed by atoms with Gasteiger partial charge in [0.15, 0.2) is 4.67 Å². The molecule has 2 saturated carbocycles. The van der Waals surface area contributed by atoms with E-state index in [1.165, 1.54) is 17.1 Å². The molecule has 5 nitrogen and oxygen atoms in total. The Morgan fingerprint density at radius 3 is 2.62 bits per heavy atom. The van der Waals surface area contributed by atoms with E-state index in [0.29, 0.717) is 23.0 Å². The minimum absolute atomic E-state index is 0.116. The van der Waals surface area contributed by atoms with Gasteiger partial charge in [-0.15, -0.1) is 0 Å². The van der Waals surface area contributed by atoms with Crippen molar-refractivity contribution in [3.05, 3.63) is 16.5 Å². The maximum Gasteiger partial charge on any atom is 0.247 e. The number of nitrogens with one attached hydrogen (secondary N) is 1. The SMILES string of the molecule is CN(C1CCCC1)S(=O)(=O)c1cc(CNC2CC2)oc1Br. The van der Waals surface area contributed by atoms with Crippen LogP contribution in [0.1, 0.15) is 44.3 Å². The number of hydrogen-bond donors (Lipinski definition) is 1. The third-order valence-electron chi connectivity index (χ3n) is 4.34. The first-order chi connectivity index (χ1) is 9.98. The standard InChI is InChI=1S/C14H21BrN2O3S/c1-17(11-4-2-3-5-11)21(18,19)13-8-12(20-14(13)15)9-16-10-6-7-10/h8,10-11,16H,2-7,9H2,1H3. The van der Waals surface area contributed by atoms with Gasteiger partial charge in [0.1, 0.15) is 10.7 Å². The fraction of sp³-hybridized carbons (Fsp3) is 0.714. The van der Waals surface area contributed by atoms with Crippen molar-refractivity contribution in [2.45, 2.75) is 62.0 Å². The van der Waals surface area contributed by atoms with Gasteiger partial charge in [0, 0.05) is 25.2 Å². The molecule has 7 heteroatoms. The Labute approximate surface area is 134 Å². The van der Waals surface area contributed by atoms with Crippen LogP contribution in [-0.2, 0) is 16.6 Å². The lowest BCUT2D eigenvalue weighted by molar-refractivity contribution is 0.371. The van der Waals surface area contributed by atoms with E-state index in [9.17, 15) is 8.42 Å². The molecule has 0 unspecified atom stereocenters. The van der Waals surface area contributed by atoms with Crippen LogP contribution in [0.25, 0.3) is 0 Å². The van der Waals surface area contributed by atoms with E-state index in [4.69, 9.17) is 4.42 Å². The highest BCUT2D eigenvalue weighted by Gasteiger charge is 2.33. The van der Waals surface area contributed by atoms with Crippen LogP contribution < -0.4 is 5.32 Å². The molecule has 2 aliphatic carbocycles. The molecule has 1 aromatic rings. The summed E-state index contributed by atoms with van der Waals surface area (Å²) in [6.07, 6.45) is 6.48. The smallest absolute Gasteiger partial charge is 0.247 e. The first-order valence-electron chi connectivity index (χ1n) is 7.48. The average Bonchev–Trinajstić information content (AvgIpc) is 2.97. The number of halogens is 1. The van der Waals surface area contributed by atoms with Gasteiger partial charge in [0.2, 0.25) is 10.0 Å². The average molecular weight is 377 g/mol. The molecule has 0 atom stereocenters. The summed E-state index contributed by atoms with van der Waals surface area (Å²) < 4.78 is 32.8. The second kappa shape index (κ2) is 6.02. The molecule has 0 bridgehead atoms. The van der Waals surface area contributed by atoms with Crippen molar-refractivity contribution in [2.75, 3.05) is 7.05 Å². The van der Waals surface area contributed by atoms with Crippen molar-refractivity contribution in [1.29, 1.82) is 0 Å². The van der Waals surface area contributed by atoms with Gasteiger partial charge < -0.3 is 9.73 Å². The maximum atomic E-state index is 12.7. The summed E-state index contributed by atoms with van der Waals surface area (Å²) in [5, 5.41) is 3.33. The van der Waals surface area contributed by atoms with Crippen molar-refractivity contribution in [3.63, 3.8) is 0 Å². The van der Waals surface area contributed by atoms with Gasteiger partial charge in [-0.05, 0) is 41.6 Å². The summed E-state index contributed by atoms with van der Waals surface area (Å²) in [5.74, 6) is 0.659. The lowest BCUT2D eigenvalue weighted by Crippen LogP contribution is -2.35. The minimum Gasteiger partial charge on any atom is -0.452 e. The molecule has 0 aliphatic heterocycles. The van der Waals surface area contributed by atoms with E-state index in [1.54, 1.807) is 13.1 Å². The Morgan fingerprint density at radius 1 is 1.33 bits per heavy atom. The van der Waals surface area contributed by atoms with Crippen molar-refractivity contribution < 1.29 is 12.8 Å². The Kier molecular flexibility index (Phi) is 4.45. The maximum absolute atomic E-state index is 12.7. The largest absolute Gasteiger partial charge is 0.452 e. The molecule has 21 heavy (non-hydrogen) atoms. The van der Waals surface area contributed by atoms with E-state index < -0.39 is 10.0 Å². The van der Waals surface area contributed by atoms with E-state index in [1.807, 2.05) is 0 Å². The molecule has 0 radical (unpaired) electrons. The third-order valence-corrected chi connectivity index (χ3v) is 7.11. The molecule has 2 aliphatic rings. The molecule has 3 rings (SSSR count). The van der Waals surface area contributed by atoms with Crippen LogP contribution in [0.2, 0.25) is 0 Å². The normalized spacial score (nSPS) is 20.5. The molecule has 0 spiro atoms. The lowest BCUT2D eigenvalue weighted by Gasteiger charge is -2.22. The number of furan rings is 1. The number of sulfonamides is 1. The number of nitrogens with zero attached hydrogens (tertiary/aromatic N) is 1. The Bertz CT molecular complexity index is 604. The summed E-state index contributed by atoms with van der Waals surface area (Å²) in [6, 6.07) is 2.32. The van der Waals surface area contributed by atoms with E-state index in [0.717, 1.165) is 25.7 Å². The zero-order valence-electron chi connectivity index (χ0n) is 12.1. The monoisotopic (exact) mass is 376 g/mol. The first-order valence-corrected chi connectivity index (χ1v) is 9.71. The van der Waals surface area contributed by atoms with Gasteiger partial charge in [-0.3, -0.25) is 0 Å². The van der Waals surface area contributed by atoms with Crippen LogP contribution >= 0.6 is 15.9 Å². The van der Waals surface area contributed by atoms with E-state index in [2.05, 4.69) is 21.2 Å². The van der Waals surface area contributed by atoms with Crippen LogP contribution in [0.4, 0.5) is 0 Å². The van der Waals surface area contributed by atoms with Crippen LogP contribution in [0.3, 0.4) is 0 Å². The number of rotatable bonds is 6. The minimum atomic E-state index is -3.49. The summed E-state index contributed by atoms with van der Waals surface area (Å²) in [4.78, 5) is 0.240. The van der Waals surface area contributed by atoms with Gasteiger partial charge in [-0.2, -0.15) is 4.31 Å². The molecule has 1 heterocycles. The van der Waals surface area contributed by atoms with Crippen LogP contribution in [-0.4, -0.2) is 31.9 Å². The summed E-state index contributed by atoms with van der Waals surface area (Å²) in [6.45, 7) is 0.575. The molecule has 0 saturated heterocycles. The molecule has 1 N–H and O–H groups in total. The molecular weight excluding hydrogens is 356 g/mol. The van der Waals surface area contributed by atoms with Gasteiger partial charge in [-0.1, -0.05) is 12.8 Å². The van der Waals surface area contributed by atoms with E-state index >= 15 is 0 Å². The fourth-order valence-corrected chi connectivity index (χ4v) is 5.19. The second-order valence-corrected chi connectivity index (χ2v) is 8.65. The zero-order valence-corrected chi connectivity index (χ0v) is 14.5. The Morgan fingerprint density at radius 2 is 2.00 bits per heavy atom. The zero-order chi connectivity index (χ0) is 15.0. The fourth-order valence-electron chi connectivity index (χ4n) is 2.81. The van der Waals surface area contributed by atoms with Crippen molar-refractivity contribution in [3.8, 4) is 0 Å². The number of hydrogen-bond acceptors (Lipinski definition) is 4. The van der Waals surface area contributed by atoms with E-state index in [-0.39, 0.29) is 10.9 Å². The van der Waals surface area contributed by atoms with Crippen molar-refractivity contribution in [2.24, 2.45) is 0 Å². The van der Waals surface area contributed by atoms with Crippen molar-refractivity contribution >= 4 is 26.0 Å². The molecule has 0 amide bonds. The quantitative estimate of drug-likeness (QED) is 0.828. The van der Waals surface area contributed by atoms with Gasteiger partial charge in [-0.25, -0.2) is 8.42 Å². The second-order valence-electron chi connectivity index (χ2n) is 5.97. The highest BCUT2D eigenvalue weighted by atomic mass is 79.9.